The van der Waals surface area contributed by atoms with Gasteiger partial charge < -0.3 is 10.1 Å². The Morgan fingerprint density at radius 3 is 2.52 bits per heavy atom. The number of amides is 1. The van der Waals surface area contributed by atoms with Crippen LogP contribution < -0.4 is 5.32 Å². The molecule has 1 aliphatic rings. The fraction of sp³-hybridized carbons (Fsp3) is 0.300. The molecule has 4 nitrogen and oxygen atoms in total. The Morgan fingerprint density at radius 2 is 1.92 bits per heavy atom. The van der Waals surface area contributed by atoms with Crippen molar-refractivity contribution in [2.45, 2.75) is 32.4 Å². The van der Waals surface area contributed by atoms with Crippen LogP contribution in [0.15, 0.2) is 59.2 Å². The first-order valence-electron chi connectivity index (χ1n) is 8.05. The molecule has 0 heterocycles. The third-order valence-electron chi connectivity index (χ3n) is 3.53. The largest absolute Gasteiger partial charge is 0.444 e. The molecule has 2 atom stereocenters. The molecule has 0 aromatic heterocycles. The molecule has 0 fully saturated rings. The number of rotatable bonds is 4. The monoisotopic (exact) mass is 359 g/mol. The van der Waals surface area contributed by atoms with E-state index >= 15 is 0 Å². The molecule has 1 aliphatic carbocycles. The zero-order valence-corrected chi connectivity index (χ0v) is 15.3. The third kappa shape index (κ3) is 5.91. The Balaban J connectivity index is 2.24. The molecule has 132 valence electrons. The summed E-state index contributed by atoms with van der Waals surface area (Å²) in [5.41, 5.74) is 0.827. The highest BCUT2D eigenvalue weighted by Gasteiger charge is 2.27. The number of alkyl carbamates (subject to hydrolysis) is 1. The number of allylic oxidation sites excluding steroid dienone is 2. The van der Waals surface area contributed by atoms with Crippen molar-refractivity contribution in [3.8, 4) is 0 Å². The van der Waals surface area contributed by atoms with Crippen molar-refractivity contribution in [3.05, 3.63) is 64.7 Å². The molecule has 2 rings (SSSR count). The van der Waals surface area contributed by atoms with Gasteiger partial charge in [0, 0.05) is 16.5 Å². The first kappa shape index (κ1) is 19.0. The molecule has 0 radical (unpaired) electrons. The number of aldehydes is 1. The molecule has 2 unspecified atom stereocenters. The van der Waals surface area contributed by atoms with Gasteiger partial charge in [-0.25, -0.2) is 4.79 Å². The second-order valence-corrected chi connectivity index (χ2v) is 7.22. The Labute approximate surface area is 153 Å². The van der Waals surface area contributed by atoms with Crippen molar-refractivity contribution in [1.29, 1.82) is 0 Å². The highest BCUT2D eigenvalue weighted by Crippen LogP contribution is 2.27. The van der Waals surface area contributed by atoms with Gasteiger partial charge in [0.2, 0.25) is 0 Å². The van der Waals surface area contributed by atoms with E-state index in [1.165, 1.54) is 0 Å². The van der Waals surface area contributed by atoms with Crippen LogP contribution >= 0.6 is 11.6 Å². The normalized spacial score (nSPS) is 20.6. The van der Waals surface area contributed by atoms with E-state index in [0.717, 1.165) is 11.8 Å². The van der Waals surface area contributed by atoms with Crippen LogP contribution in [0.4, 0.5) is 4.79 Å². The molecule has 0 bridgehead atoms. The van der Waals surface area contributed by atoms with Crippen LogP contribution in [-0.4, -0.2) is 24.0 Å². The van der Waals surface area contributed by atoms with Gasteiger partial charge in [-0.2, -0.15) is 0 Å². The van der Waals surface area contributed by atoms with E-state index in [-0.39, 0.29) is 5.92 Å². The minimum absolute atomic E-state index is 0.372. The van der Waals surface area contributed by atoms with Gasteiger partial charge in [0.05, 0.1) is 6.04 Å². The van der Waals surface area contributed by atoms with Gasteiger partial charge in [0.25, 0.3) is 0 Å². The maximum atomic E-state index is 12.1. The molecule has 1 amide bonds. The van der Waals surface area contributed by atoms with Crippen molar-refractivity contribution < 1.29 is 14.3 Å². The van der Waals surface area contributed by atoms with Crippen molar-refractivity contribution in [2.24, 2.45) is 5.92 Å². The predicted octanol–water partition coefficient (Wildman–Crippen LogP) is 4.47. The van der Waals surface area contributed by atoms with E-state index in [2.05, 4.69) is 5.32 Å². The van der Waals surface area contributed by atoms with Gasteiger partial charge in [-0.05, 0) is 38.5 Å². The lowest BCUT2D eigenvalue weighted by Crippen LogP contribution is -2.43. The van der Waals surface area contributed by atoms with E-state index in [1.54, 1.807) is 45.1 Å². The van der Waals surface area contributed by atoms with E-state index < -0.39 is 17.7 Å². The number of hydrogen-bond donors (Lipinski definition) is 1. The molecular weight excluding hydrogens is 338 g/mol. The number of ether oxygens (including phenoxy) is 1. The standard InChI is InChI=1S/C20H22ClNO3/c1-20(2,3)25-19(24)22-18-10-9-16(21)12-17(18)15(13-23)11-14-7-5-4-6-8-14/h4-13,17-18H,1-3H3,(H,22,24). The van der Waals surface area contributed by atoms with Crippen molar-refractivity contribution in [1.82, 2.24) is 5.32 Å². The van der Waals surface area contributed by atoms with Gasteiger partial charge in [0.15, 0.2) is 0 Å². The fourth-order valence-corrected chi connectivity index (χ4v) is 2.69. The minimum Gasteiger partial charge on any atom is -0.444 e. The number of carbonyl (C=O) groups excluding carboxylic acids is 2. The molecule has 1 N–H and O–H groups in total. The molecule has 0 saturated heterocycles. The second-order valence-electron chi connectivity index (χ2n) is 6.78. The SMILES string of the molecule is CC(C)(C)OC(=O)NC1C=CC(Cl)=CC1C(C=O)=Cc1ccccc1. The highest BCUT2D eigenvalue weighted by atomic mass is 35.5. The average Bonchev–Trinajstić information content (AvgIpc) is 2.53. The molecule has 25 heavy (non-hydrogen) atoms. The van der Waals surface area contributed by atoms with Crippen LogP contribution in [0.25, 0.3) is 6.08 Å². The van der Waals surface area contributed by atoms with Crippen molar-refractivity contribution in [3.63, 3.8) is 0 Å². The summed E-state index contributed by atoms with van der Waals surface area (Å²) < 4.78 is 5.30. The van der Waals surface area contributed by atoms with Gasteiger partial charge in [-0.3, -0.25) is 4.79 Å². The predicted molar refractivity (Wildman–Crippen MR) is 100 cm³/mol. The quantitative estimate of drug-likeness (QED) is 0.637. The van der Waals surface area contributed by atoms with Crippen molar-refractivity contribution >= 4 is 30.1 Å². The van der Waals surface area contributed by atoms with Crippen molar-refractivity contribution in [2.75, 3.05) is 0 Å². The molecule has 1 aromatic carbocycles. The first-order chi connectivity index (χ1) is 11.8. The van der Waals surface area contributed by atoms with Crippen LogP contribution in [0, 0.1) is 5.92 Å². The molecule has 1 aromatic rings. The van der Waals surface area contributed by atoms with Crippen LogP contribution in [0.1, 0.15) is 26.3 Å². The average molecular weight is 360 g/mol. The first-order valence-corrected chi connectivity index (χ1v) is 8.43. The zero-order chi connectivity index (χ0) is 18.4. The smallest absolute Gasteiger partial charge is 0.408 e. The summed E-state index contributed by atoms with van der Waals surface area (Å²) in [6, 6.07) is 9.10. The Morgan fingerprint density at radius 1 is 1.24 bits per heavy atom. The Bertz CT molecular complexity index is 714. The maximum Gasteiger partial charge on any atom is 0.408 e. The summed E-state index contributed by atoms with van der Waals surface area (Å²) in [6.45, 7) is 5.39. The van der Waals surface area contributed by atoms with Crippen LogP contribution in [0.2, 0.25) is 0 Å². The summed E-state index contributed by atoms with van der Waals surface area (Å²) in [4.78, 5) is 23.8. The summed E-state index contributed by atoms with van der Waals surface area (Å²) in [7, 11) is 0. The van der Waals surface area contributed by atoms with Gasteiger partial charge >= 0.3 is 6.09 Å². The van der Waals surface area contributed by atoms with E-state index in [1.807, 2.05) is 30.3 Å². The maximum absolute atomic E-state index is 12.1. The van der Waals surface area contributed by atoms with Crippen LogP contribution in [0.5, 0.6) is 0 Å². The number of benzene rings is 1. The lowest BCUT2D eigenvalue weighted by Gasteiger charge is -2.28. The molecule has 0 aliphatic heterocycles. The van der Waals surface area contributed by atoms with E-state index in [0.29, 0.717) is 10.6 Å². The van der Waals surface area contributed by atoms with Gasteiger partial charge in [-0.15, -0.1) is 0 Å². The Kier molecular flexibility index (Phi) is 6.21. The fourth-order valence-electron chi connectivity index (χ4n) is 2.48. The van der Waals surface area contributed by atoms with Crippen LogP contribution in [-0.2, 0) is 9.53 Å². The van der Waals surface area contributed by atoms with Gasteiger partial charge in [-0.1, -0.05) is 54.1 Å². The lowest BCUT2D eigenvalue weighted by atomic mass is 9.87. The summed E-state index contributed by atoms with van der Waals surface area (Å²) >= 11 is 6.11. The zero-order valence-electron chi connectivity index (χ0n) is 14.5. The van der Waals surface area contributed by atoms with E-state index in [4.69, 9.17) is 16.3 Å². The molecular formula is C20H22ClNO3. The molecule has 0 saturated carbocycles. The number of nitrogens with one attached hydrogen (secondary N) is 1. The van der Waals surface area contributed by atoms with Crippen LogP contribution in [0.3, 0.4) is 0 Å². The second kappa shape index (κ2) is 8.17. The van der Waals surface area contributed by atoms with Gasteiger partial charge in [0.1, 0.15) is 11.9 Å². The summed E-state index contributed by atoms with van der Waals surface area (Å²) in [5, 5.41) is 3.32. The molecule has 0 spiro atoms. The summed E-state index contributed by atoms with van der Waals surface area (Å²) in [5.74, 6) is -0.372. The topological polar surface area (TPSA) is 55.4 Å². The van der Waals surface area contributed by atoms with E-state index in [9.17, 15) is 9.59 Å². The lowest BCUT2D eigenvalue weighted by molar-refractivity contribution is -0.105. The number of halogens is 1. The number of carbonyl (C=O) groups is 2. The highest BCUT2D eigenvalue weighted by molar-refractivity contribution is 6.31. The Hall–Kier alpha value is -2.33. The molecule has 5 heteroatoms. The summed E-state index contributed by atoms with van der Waals surface area (Å²) in [6.07, 6.45) is 7.27. The minimum atomic E-state index is -0.598. The third-order valence-corrected chi connectivity index (χ3v) is 3.78. The number of hydrogen-bond acceptors (Lipinski definition) is 3.